The molecule has 94 valence electrons. The summed E-state index contributed by atoms with van der Waals surface area (Å²) in [4.78, 5) is 2.38. The Morgan fingerprint density at radius 2 is 1.88 bits per heavy atom. The minimum absolute atomic E-state index is 0.104. The van der Waals surface area contributed by atoms with E-state index in [-0.39, 0.29) is 12.7 Å². The topological polar surface area (TPSA) is 43.7 Å². The van der Waals surface area contributed by atoms with Crippen LogP contribution in [0.3, 0.4) is 0 Å². The molecule has 0 saturated carbocycles. The molecule has 2 unspecified atom stereocenters. The van der Waals surface area contributed by atoms with Crippen LogP contribution < -0.4 is 0 Å². The van der Waals surface area contributed by atoms with Crippen LogP contribution in [0.1, 0.15) is 24.5 Å². The fraction of sp³-hybridized carbons (Fsp3) is 0.571. The van der Waals surface area contributed by atoms with Crippen molar-refractivity contribution in [2.24, 2.45) is 5.92 Å². The highest BCUT2D eigenvalue weighted by atomic mass is 16.3. The monoisotopic (exact) mass is 235 g/mol. The molecule has 0 spiro atoms. The summed E-state index contributed by atoms with van der Waals surface area (Å²) in [6.45, 7) is 5.07. The Balaban J connectivity index is 1.92. The fourth-order valence-electron chi connectivity index (χ4n) is 2.37. The molecule has 0 amide bonds. The minimum Gasteiger partial charge on any atom is -0.393 e. The summed E-state index contributed by atoms with van der Waals surface area (Å²) in [5, 5.41) is 18.7. The summed E-state index contributed by atoms with van der Waals surface area (Å²) < 4.78 is 0. The van der Waals surface area contributed by atoms with Crippen LogP contribution in [-0.2, 0) is 13.2 Å². The molecule has 0 radical (unpaired) electrons. The first-order valence-corrected chi connectivity index (χ1v) is 6.28. The molecule has 2 atom stereocenters. The van der Waals surface area contributed by atoms with E-state index in [9.17, 15) is 5.11 Å². The molecule has 0 aromatic heterocycles. The predicted molar refractivity (Wildman–Crippen MR) is 67.4 cm³/mol. The number of rotatable bonds is 3. The minimum atomic E-state index is -0.136. The Morgan fingerprint density at radius 3 is 2.47 bits per heavy atom. The summed E-state index contributed by atoms with van der Waals surface area (Å²) in [6.07, 6.45) is 0.735. The highest BCUT2D eigenvalue weighted by molar-refractivity contribution is 5.21. The van der Waals surface area contributed by atoms with Crippen molar-refractivity contribution < 1.29 is 10.2 Å². The lowest BCUT2D eigenvalue weighted by atomic mass is 9.96. The van der Waals surface area contributed by atoms with E-state index in [0.29, 0.717) is 5.92 Å². The van der Waals surface area contributed by atoms with Crippen LogP contribution in [0.2, 0.25) is 0 Å². The van der Waals surface area contributed by atoms with E-state index in [1.807, 2.05) is 12.1 Å². The molecule has 2 N–H and O–H groups in total. The van der Waals surface area contributed by atoms with Gasteiger partial charge in [0.2, 0.25) is 0 Å². The molecule has 17 heavy (non-hydrogen) atoms. The Bertz CT molecular complexity index is 350. The number of hydrogen-bond donors (Lipinski definition) is 2. The first-order chi connectivity index (χ1) is 8.19. The highest BCUT2D eigenvalue weighted by Crippen LogP contribution is 2.18. The summed E-state index contributed by atoms with van der Waals surface area (Å²) in [5.74, 6) is 0.362. The normalized spacial score (nSPS) is 26.1. The maximum absolute atomic E-state index is 9.68. The third-order valence-electron chi connectivity index (χ3n) is 3.56. The van der Waals surface area contributed by atoms with E-state index in [1.165, 1.54) is 5.56 Å². The van der Waals surface area contributed by atoms with Crippen LogP contribution in [0.25, 0.3) is 0 Å². The molecule has 0 aliphatic carbocycles. The van der Waals surface area contributed by atoms with Gasteiger partial charge in [0.1, 0.15) is 0 Å². The van der Waals surface area contributed by atoms with Gasteiger partial charge < -0.3 is 10.2 Å². The Hall–Kier alpha value is -0.900. The van der Waals surface area contributed by atoms with E-state index in [1.54, 1.807) is 0 Å². The summed E-state index contributed by atoms with van der Waals surface area (Å²) >= 11 is 0. The molecular formula is C14H21NO2. The van der Waals surface area contributed by atoms with Crippen molar-refractivity contribution in [3.63, 3.8) is 0 Å². The Morgan fingerprint density at radius 1 is 1.24 bits per heavy atom. The molecule has 0 bridgehead atoms. The lowest BCUT2D eigenvalue weighted by molar-refractivity contribution is 0.0320. The number of nitrogens with zero attached hydrogens (tertiary/aromatic N) is 1. The summed E-state index contributed by atoms with van der Waals surface area (Å²) in [5.41, 5.74) is 2.22. The van der Waals surface area contributed by atoms with Gasteiger partial charge in [-0.05, 0) is 23.5 Å². The summed E-state index contributed by atoms with van der Waals surface area (Å²) in [7, 11) is 0. The van der Waals surface area contributed by atoms with Gasteiger partial charge in [-0.3, -0.25) is 4.90 Å². The van der Waals surface area contributed by atoms with E-state index in [2.05, 4.69) is 24.0 Å². The molecule has 3 heteroatoms. The second kappa shape index (κ2) is 5.63. The third kappa shape index (κ3) is 3.28. The maximum atomic E-state index is 9.68. The lowest BCUT2D eigenvalue weighted by Gasteiger charge is -2.34. The smallest absolute Gasteiger partial charge is 0.0681 e. The molecule has 1 aromatic carbocycles. The van der Waals surface area contributed by atoms with Gasteiger partial charge in [0, 0.05) is 19.6 Å². The average Bonchev–Trinajstić information content (AvgIpc) is 2.35. The molecule has 1 heterocycles. The van der Waals surface area contributed by atoms with Crippen LogP contribution in [0.5, 0.6) is 0 Å². The van der Waals surface area contributed by atoms with Crippen LogP contribution in [-0.4, -0.2) is 34.3 Å². The van der Waals surface area contributed by atoms with Gasteiger partial charge in [-0.15, -0.1) is 0 Å². The molecule has 1 aliphatic rings. The SMILES string of the molecule is CC1CN(Cc2ccc(CO)cc2)CCC1O. The van der Waals surface area contributed by atoms with Crippen molar-refractivity contribution in [1.82, 2.24) is 4.90 Å². The van der Waals surface area contributed by atoms with Crippen molar-refractivity contribution in [2.75, 3.05) is 13.1 Å². The van der Waals surface area contributed by atoms with E-state index < -0.39 is 0 Å². The first kappa shape index (κ1) is 12.6. The predicted octanol–water partition coefficient (Wildman–Crippen LogP) is 1.38. The van der Waals surface area contributed by atoms with Gasteiger partial charge in [0.15, 0.2) is 0 Å². The van der Waals surface area contributed by atoms with E-state index in [0.717, 1.165) is 31.6 Å². The van der Waals surface area contributed by atoms with Crippen molar-refractivity contribution in [1.29, 1.82) is 0 Å². The quantitative estimate of drug-likeness (QED) is 0.832. The van der Waals surface area contributed by atoms with Gasteiger partial charge in [0.25, 0.3) is 0 Å². The van der Waals surface area contributed by atoms with Gasteiger partial charge in [-0.25, -0.2) is 0 Å². The van der Waals surface area contributed by atoms with Crippen molar-refractivity contribution in [3.8, 4) is 0 Å². The molecule has 1 fully saturated rings. The molecule has 1 aromatic rings. The maximum Gasteiger partial charge on any atom is 0.0681 e. The zero-order valence-electron chi connectivity index (χ0n) is 10.3. The number of likely N-dealkylation sites (tertiary alicyclic amines) is 1. The third-order valence-corrected chi connectivity index (χ3v) is 3.56. The largest absolute Gasteiger partial charge is 0.393 e. The number of hydrogen-bond acceptors (Lipinski definition) is 3. The van der Waals surface area contributed by atoms with Crippen molar-refractivity contribution in [3.05, 3.63) is 35.4 Å². The number of benzene rings is 1. The van der Waals surface area contributed by atoms with E-state index in [4.69, 9.17) is 5.11 Å². The molecule has 2 rings (SSSR count). The highest BCUT2D eigenvalue weighted by Gasteiger charge is 2.23. The van der Waals surface area contributed by atoms with Crippen LogP contribution in [0.4, 0.5) is 0 Å². The van der Waals surface area contributed by atoms with Crippen LogP contribution in [0, 0.1) is 5.92 Å². The number of aliphatic hydroxyl groups excluding tert-OH is 2. The van der Waals surface area contributed by atoms with Crippen molar-refractivity contribution in [2.45, 2.75) is 32.6 Å². The molecule has 1 saturated heterocycles. The molecule has 3 nitrogen and oxygen atoms in total. The zero-order chi connectivity index (χ0) is 12.3. The summed E-state index contributed by atoms with van der Waals surface area (Å²) in [6, 6.07) is 8.08. The first-order valence-electron chi connectivity index (χ1n) is 6.28. The van der Waals surface area contributed by atoms with Gasteiger partial charge in [-0.2, -0.15) is 0 Å². The standard InChI is InChI=1S/C14H21NO2/c1-11-8-15(7-6-14(11)17)9-12-2-4-13(10-16)5-3-12/h2-5,11,14,16-17H,6-10H2,1H3. The van der Waals surface area contributed by atoms with Crippen LogP contribution >= 0.6 is 0 Å². The van der Waals surface area contributed by atoms with Gasteiger partial charge in [-0.1, -0.05) is 31.2 Å². The fourth-order valence-corrected chi connectivity index (χ4v) is 2.37. The molecular weight excluding hydrogens is 214 g/mol. The zero-order valence-corrected chi connectivity index (χ0v) is 10.3. The van der Waals surface area contributed by atoms with Crippen LogP contribution in [0.15, 0.2) is 24.3 Å². The lowest BCUT2D eigenvalue weighted by Crippen LogP contribution is -2.41. The number of aliphatic hydroxyl groups is 2. The Labute approximate surface area is 103 Å². The second-order valence-electron chi connectivity index (χ2n) is 5.04. The van der Waals surface area contributed by atoms with Crippen molar-refractivity contribution >= 4 is 0 Å². The second-order valence-corrected chi connectivity index (χ2v) is 5.04. The van der Waals surface area contributed by atoms with Gasteiger partial charge >= 0.3 is 0 Å². The number of piperidine rings is 1. The Kier molecular flexibility index (Phi) is 4.15. The van der Waals surface area contributed by atoms with Gasteiger partial charge in [0.05, 0.1) is 12.7 Å². The molecule has 1 aliphatic heterocycles. The average molecular weight is 235 g/mol. The van der Waals surface area contributed by atoms with E-state index >= 15 is 0 Å².